The molecule has 0 radical (unpaired) electrons. The van der Waals surface area contributed by atoms with Crippen LogP contribution in [0.1, 0.15) is 16.8 Å². The number of nitrogens with one attached hydrogen (secondary N) is 1. The molecule has 3 rings (SSSR count). The maximum absolute atomic E-state index is 12.7. The maximum atomic E-state index is 12.7. The molecule has 0 aliphatic carbocycles. The molecule has 2 aromatic carbocycles. The van der Waals surface area contributed by atoms with Gasteiger partial charge in [0.05, 0.1) is 36.2 Å². The van der Waals surface area contributed by atoms with Crippen LogP contribution in [0.25, 0.3) is 0 Å². The average molecular weight is 376 g/mol. The highest BCUT2D eigenvalue weighted by molar-refractivity contribution is 6.33. The monoisotopic (exact) mass is 375 g/mol. The lowest BCUT2D eigenvalue weighted by Gasteiger charge is -2.21. The van der Waals surface area contributed by atoms with Gasteiger partial charge in [0.15, 0.2) is 0 Å². The Balaban J connectivity index is 1.71. The van der Waals surface area contributed by atoms with E-state index in [1.165, 1.54) is 13.2 Å². The van der Waals surface area contributed by atoms with Crippen molar-refractivity contribution in [3.05, 3.63) is 47.0 Å². The molecule has 0 bridgehead atoms. The predicted molar refractivity (Wildman–Crippen MR) is 103 cm³/mol. The van der Waals surface area contributed by atoms with Crippen molar-refractivity contribution in [1.29, 1.82) is 0 Å². The van der Waals surface area contributed by atoms with E-state index in [0.717, 1.165) is 24.4 Å². The number of anilines is 2. The van der Waals surface area contributed by atoms with Crippen molar-refractivity contribution in [2.24, 2.45) is 0 Å². The van der Waals surface area contributed by atoms with Gasteiger partial charge in [-0.15, -0.1) is 0 Å². The predicted octanol–water partition coefficient (Wildman–Crippen LogP) is 2.95. The number of amides is 1. The summed E-state index contributed by atoms with van der Waals surface area (Å²) in [5.41, 5.74) is 7.56. The van der Waals surface area contributed by atoms with Gasteiger partial charge in [0, 0.05) is 25.2 Å². The number of nitrogens with zero attached hydrogens (tertiary/aromatic N) is 1. The molecular formula is C19H22ClN3O3. The van der Waals surface area contributed by atoms with Crippen LogP contribution in [0, 0.1) is 0 Å². The number of nitrogen functional groups attached to an aromatic ring is 1. The van der Waals surface area contributed by atoms with Crippen LogP contribution in [0.4, 0.5) is 11.4 Å². The molecule has 1 amide bonds. The summed E-state index contributed by atoms with van der Waals surface area (Å²) < 4.78 is 10.7. The molecular weight excluding hydrogens is 354 g/mol. The number of hydrogen-bond donors (Lipinski definition) is 2. The van der Waals surface area contributed by atoms with E-state index in [4.69, 9.17) is 26.8 Å². The Kier molecular flexibility index (Phi) is 5.42. The molecule has 1 aliphatic heterocycles. The SMILES string of the molecule is COc1cc(N)c(Cl)cc1C(=O)NC1CCN(c2ccccc2OC)C1. The zero-order chi connectivity index (χ0) is 18.7. The largest absolute Gasteiger partial charge is 0.496 e. The third-order valence-corrected chi connectivity index (χ3v) is 4.84. The zero-order valence-corrected chi connectivity index (χ0v) is 15.5. The van der Waals surface area contributed by atoms with Gasteiger partial charge in [0.1, 0.15) is 11.5 Å². The summed E-state index contributed by atoms with van der Waals surface area (Å²) in [6.07, 6.45) is 0.842. The molecule has 2 aromatic rings. The number of nitrogens with two attached hydrogens (primary N) is 1. The molecule has 0 aromatic heterocycles. The van der Waals surface area contributed by atoms with Gasteiger partial charge in [-0.05, 0) is 24.6 Å². The Morgan fingerprint density at radius 1 is 1.23 bits per heavy atom. The van der Waals surface area contributed by atoms with Crippen LogP contribution in [-0.2, 0) is 0 Å². The van der Waals surface area contributed by atoms with Crippen LogP contribution in [-0.4, -0.2) is 39.3 Å². The van der Waals surface area contributed by atoms with E-state index in [1.807, 2.05) is 24.3 Å². The first-order chi connectivity index (χ1) is 12.5. The summed E-state index contributed by atoms with van der Waals surface area (Å²) in [6.45, 7) is 1.54. The first-order valence-corrected chi connectivity index (χ1v) is 8.73. The molecule has 1 aliphatic rings. The number of ether oxygens (including phenoxy) is 2. The third kappa shape index (κ3) is 3.65. The summed E-state index contributed by atoms with van der Waals surface area (Å²) in [5, 5.41) is 3.38. The van der Waals surface area contributed by atoms with Crippen molar-refractivity contribution in [3.63, 3.8) is 0 Å². The number of hydrogen-bond acceptors (Lipinski definition) is 5. The van der Waals surface area contributed by atoms with E-state index in [9.17, 15) is 4.79 Å². The lowest BCUT2D eigenvalue weighted by atomic mass is 10.1. The van der Waals surface area contributed by atoms with Crippen molar-refractivity contribution in [2.45, 2.75) is 12.5 Å². The number of carbonyl (C=O) groups is 1. The van der Waals surface area contributed by atoms with Crippen molar-refractivity contribution in [3.8, 4) is 11.5 Å². The fourth-order valence-corrected chi connectivity index (χ4v) is 3.33. The van der Waals surface area contributed by atoms with Gasteiger partial charge < -0.3 is 25.4 Å². The minimum Gasteiger partial charge on any atom is -0.496 e. The number of carbonyl (C=O) groups excluding carboxylic acids is 1. The number of methoxy groups -OCH3 is 2. The molecule has 7 heteroatoms. The van der Waals surface area contributed by atoms with Gasteiger partial charge in [-0.1, -0.05) is 23.7 Å². The highest BCUT2D eigenvalue weighted by Gasteiger charge is 2.27. The summed E-state index contributed by atoms with van der Waals surface area (Å²) in [5.74, 6) is 1.01. The summed E-state index contributed by atoms with van der Waals surface area (Å²) in [4.78, 5) is 14.9. The fourth-order valence-electron chi connectivity index (χ4n) is 3.17. The summed E-state index contributed by atoms with van der Waals surface area (Å²) in [6, 6.07) is 11.0. The van der Waals surface area contributed by atoms with E-state index in [2.05, 4.69) is 10.2 Å². The number of benzene rings is 2. The van der Waals surface area contributed by atoms with E-state index >= 15 is 0 Å². The lowest BCUT2D eigenvalue weighted by molar-refractivity contribution is 0.0937. The zero-order valence-electron chi connectivity index (χ0n) is 14.8. The Morgan fingerprint density at radius 2 is 1.96 bits per heavy atom. The van der Waals surface area contributed by atoms with Crippen LogP contribution < -0.4 is 25.4 Å². The topological polar surface area (TPSA) is 76.8 Å². The molecule has 3 N–H and O–H groups in total. The van der Waals surface area contributed by atoms with Crippen LogP contribution in [0.3, 0.4) is 0 Å². The molecule has 0 spiro atoms. The second kappa shape index (κ2) is 7.74. The highest BCUT2D eigenvalue weighted by Crippen LogP contribution is 2.31. The first-order valence-electron chi connectivity index (χ1n) is 8.35. The van der Waals surface area contributed by atoms with Crippen molar-refractivity contribution < 1.29 is 14.3 Å². The van der Waals surface area contributed by atoms with E-state index in [0.29, 0.717) is 28.6 Å². The summed E-state index contributed by atoms with van der Waals surface area (Å²) >= 11 is 6.06. The molecule has 138 valence electrons. The van der Waals surface area contributed by atoms with Crippen LogP contribution in [0.15, 0.2) is 36.4 Å². The number of para-hydroxylation sites is 2. The van der Waals surface area contributed by atoms with Crippen molar-refractivity contribution in [2.75, 3.05) is 37.9 Å². The van der Waals surface area contributed by atoms with Crippen LogP contribution in [0.2, 0.25) is 5.02 Å². The van der Waals surface area contributed by atoms with E-state index in [1.54, 1.807) is 13.2 Å². The molecule has 6 nitrogen and oxygen atoms in total. The Bertz CT molecular complexity index is 813. The number of rotatable bonds is 5. The standard InChI is InChI=1S/C19H22ClN3O3/c1-25-17-6-4-3-5-16(17)23-8-7-12(11-23)22-19(24)13-9-14(20)15(21)10-18(13)26-2/h3-6,9-10,12H,7-8,11,21H2,1-2H3,(H,22,24). The minimum atomic E-state index is -0.226. The molecule has 1 saturated heterocycles. The molecule has 1 fully saturated rings. The van der Waals surface area contributed by atoms with Gasteiger partial charge in [0.2, 0.25) is 0 Å². The molecule has 0 saturated carbocycles. The van der Waals surface area contributed by atoms with Gasteiger partial charge in [-0.2, -0.15) is 0 Å². The van der Waals surface area contributed by atoms with Crippen molar-refractivity contribution >= 4 is 28.9 Å². The van der Waals surface area contributed by atoms with E-state index < -0.39 is 0 Å². The van der Waals surface area contributed by atoms with Crippen LogP contribution >= 0.6 is 11.6 Å². The quantitative estimate of drug-likeness (QED) is 0.786. The smallest absolute Gasteiger partial charge is 0.255 e. The van der Waals surface area contributed by atoms with Gasteiger partial charge in [0.25, 0.3) is 5.91 Å². The molecule has 1 unspecified atom stereocenters. The van der Waals surface area contributed by atoms with Gasteiger partial charge in [-0.3, -0.25) is 4.79 Å². The normalized spacial score (nSPS) is 16.4. The Hall–Kier alpha value is -2.60. The Labute approximate surface area is 157 Å². The average Bonchev–Trinajstić information content (AvgIpc) is 3.11. The molecule has 26 heavy (non-hydrogen) atoms. The summed E-state index contributed by atoms with van der Waals surface area (Å²) in [7, 11) is 3.16. The highest BCUT2D eigenvalue weighted by atomic mass is 35.5. The second-order valence-electron chi connectivity index (χ2n) is 6.15. The minimum absolute atomic E-state index is 0.0217. The lowest BCUT2D eigenvalue weighted by Crippen LogP contribution is -2.37. The maximum Gasteiger partial charge on any atom is 0.255 e. The first kappa shape index (κ1) is 18.2. The van der Waals surface area contributed by atoms with Gasteiger partial charge in [-0.25, -0.2) is 0 Å². The number of halogens is 1. The van der Waals surface area contributed by atoms with E-state index in [-0.39, 0.29) is 11.9 Å². The fraction of sp³-hybridized carbons (Fsp3) is 0.316. The van der Waals surface area contributed by atoms with Gasteiger partial charge >= 0.3 is 0 Å². The molecule has 1 heterocycles. The second-order valence-corrected chi connectivity index (χ2v) is 6.56. The third-order valence-electron chi connectivity index (χ3n) is 4.51. The van der Waals surface area contributed by atoms with Crippen molar-refractivity contribution in [1.82, 2.24) is 5.32 Å². The molecule has 1 atom stereocenters. The Morgan fingerprint density at radius 3 is 2.69 bits per heavy atom. The van der Waals surface area contributed by atoms with Crippen LogP contribution in [0.5, 0.6) is 11.5 Å².